The van der Waals surface area contributed by atoms with Crippen LogP contribution in [0.15, 0.2) is 71.7 Å². The van der Waals surface area contributed by atoms with Gasteiger partial charge in [-0.05, 0) is 35.9 Å². The van der Waals surface area contributed by atoms with Gasteiger partial charge in [0.2, 0.25) is 0 Å². The van der Waals surface area contributed by atoms with Crippen molar-refractivity contribution in [3.63, 3.8) is 0 Å². The Balaban J connectivity index is 1.82. The second-order valence-corrected chi connectivity index (χ2v) is 8.03. The minimum absolute atomic E-state index is 0.207. The SMILES string of the molecule is COc1ccc2ncc3sc4ccc(F)cc4c(=O)c3c2c1NCc1ccccc1. The van der Waals surface area contributed by atoms with Crippen molar-refractivity contribution in [2.45, 2.75) is 6.54 Å². The molecule has 2 heterocycles. The number of rotatable bonds is 4. The van der Waals surface area contributed by atoms with Crippen LogP contribution >= 0.6 is 11.3 Å². The first-order chi connectivity index (χ1) is 14.7. The average molecular weight is 416 g/mol. The Bertz CT molecular complexity index is 1470. The molecule has 0 saturated heterocycles. The van der Waals surface area contributed by atoms with E-state index in [1.54, 1.807) is 19.4 Å². The lowest BCUT2D eigenvalue weighted by Gasteiger charge is -2.15. The van der Waals surface area contributed by atoms with E-state index in [0.717, 1.165) is 15.0 Å². The molecule has 5 rings (SSSR count). The van der Waals surface area contributed by atoms with Gasteiger partial charge >= 0.3 is 0 Å². The third kappa shape index (κ3) is 3.06. The van der Waals surface area contributed by atoms with E-state index >= 15 is 0 Å². The fourth-order valence-corrected chi connectivity index (χ4v) is 4.74. The van der Waals surface area contributed by atoms with Crippen LogP contribution in [-0.4, -0.2) is 12.1 Å². The fourth-order valence-electron chi connectivity index (χ4n) is 3.71. The van der Waals surface area contributed by atoms with Gasteiger partial charge in [-0.15, -0.1) is 11.3 Å². The summed E-state index contributed by atoms with van der Waals surface area (Å²) < 4.78 is 20.9. The highest BCUT2D eigenvalue weighted by molar-refractivity contribution is 7.24. The number of ether oxygens (including phenoxy) is 1. The lowest BCUT2D eigenvalue weighted by Crippen LogP contribution is -2.07. The number of halogens is 1. The van der Waals surface area contributed by atoms with E-state index in [9.17, 15) is 9.18 Å². The summed E-state index contributed by atoms with van der Waals surface area (Å²) in [5.74, 6) is 0.195. The highest BCUT2D eigenvalue weighted by Crippen LogP contribution is 2.38. The van der Waals surface area contributed by atoms with Crippen LogP contribution in [0, 0.1) is 5.82 Å². The van der Waals surface area contributed by atoms with E-state index in [4.69, 9.17) is 4.74 Å². The van der Waals surface area contributed by atoms with E-state index in [0.29, 0.717) is 39.7 Å². The Kier molecular flexibility index (Phi) is 4.56. The van der Waals surface area contributed by atoms with Gasteiger partial charge in [-0.1, -0.05) is 30.3 Å². The summed E-state index contributed by atoms with van der Waals surface area (Å²) in [6.07, 6.45) is 1.71. The number of aromatic nitrogens is 1. The van der Waals surface area contributed by atoms with Crippen molar-refractivity contribution in [1.29, 1.82) is 0 Å². The number of methoxy groups -OCH3 is 1. The Morgan fingerprint density at radius 1 is 1.03 bits per heavy atom. The minimum atomic E-state index is -0.426. The Morgan fingerprint density at radius 3 is 2.67 bits per heavy atom. The molecule has 30 heavy (non-hydrogen) atoms. The molecule has 0 saturated carbocycles. The topological polar surface area (TPSA) is 51.2 Å². The molecule has 1 N–H and O–H groups in total. The van der Waals surface area contributed by atoms with Crippen LogP contribution in [0.25, 0.3) is 31.1 Å². The summed E-state index contributed by atoms with van der Waals surface area (Å²) in [6.45, 7) is 0.562. The summed E-state index contributed by atoms with van der Waals surface area (Å²) in [5.41, 5.74) is 2.28. The van der Waals surface area contributed by atoms with Crippen LogP contribution in [0.5, 0.6) is 5.75 Å². The van der Waals surface area contributed by atoms with Gasteiger partial charge in [0.25, 0.3) is 0 Å². The molecule has 3 aromatic carbocycles. The lowest BCUT2D eigenvalue weighted by atomic mass is 10.1. The average Bonchev–Trinajstić information content (AvgIpc) is 2.78. The Labute approximate surface area is 175 Å². The molecule has 0 aliphatic carbocycles. The van der Waals surface area contributed by atoms with E-state index < -0.39 is 5.82 Å². The number of nitrogens with one attached hydrogen (secondary N) is 1. The number of anilines is 1. The van der Waals surface area contributed by atoms with Crippen molar-refractivity contribution < 1.29 is 9.13 Å². The molecular formula is C24H17FN2O2S. The summed E-state index contributed by atoms with van der Waals surface area (Å²) in [5, 5.41) is 5.02. The van der Waals surface area contributed by atoms with Crippen molar-refractivity contribution >= 4 is 48.1 Å². The molecule has 6 heteroatoms. The molecule has 0 unspecified atom stereocenters. The van der Waals surface area contributed by atoms with Crippen LogP contribution in [0.3, 0.4) is 0 Å². The second kappa shape index (κ2) is 7.39. The Morgan fingerprint density at radius 2 is 1.87 bits per heavy atom. The fraction of sp³-hybridized carbons (Fsp3) is 0.0833. The van der Waals surface area contributed by atoms with Crippen LogP contribution in [0.2, 0.25) is 0 Å². The standard InChI is InChI=1S/C24H17FN2O2S/c1-29-18-9-8-17-21(23(18)27-12-14-5-3-2-4-6-14)22-20(13-26-17)30-19-10-7-15(25)11-16(19)24(22)28/h2-11,13,27H,12H2,1H3. The van der Waals surface area contributed by atoms with Crippen molar-refractivity contribution in [3.8, 4) is 5.75 Å². The summed E-state index contributed by atoms with van der Waals surface area (Å²) in [4.78, 5) is 18.0. The quantitative estimate of drug-likeness (QED) is 0.301. The van der Waals surface area contributed by atoms with Gasteiger partial charge in [0.05, 0.1) is 28.4 Å². The molecule has 4 nitrogen and oxygen atoms in total. The lowest BCUT2D eigenvalue weighted by molar-refractivity contribution is 0.417. The molecule has 0 atom stereocenters. The molecule has 148 valence electrons. The Hall–Kier alpha value is -3.51. The van der Waals surface area contributed by atoms with Crippen LogP contribution in [0.4, 0.5) is 10.1 Å². The highest BCUT2D eigenvalue weighted by Gasteiger charge is 2.17. The van der Waals surface area contributed by atoms with Crippen LogP contribution in [-0.2, 0) is 6.54 Å². The highest BCUT2D eigenvalue weighted by atomic mass is 32.1. The van der Waals surface area contributed by atoms with Gasteiger partial charge in [0.15, 0.2) is 5.43 Å². The number of benzene rings is 3. The van der Waals surface area contributed by atoms with E-state index in [1.165, 1.54) is 23.5 Å². The normalized spacial score (nSPS) is 11.3. The van der Waals surface area contributed by atoms with Crippen molar-refractivity contribution in [1.82, 2.24) is 4.98 Å². The molecule has 5 aromatic rings. The van der Waals surface area contributed by atoms with Gasteiger partial charge in [-0.2, -0.15) is 0 Å². The number of hydrogen-bond donors (Lipinski definition) is 1. The molecule has 0 fully saturated rings. The van der Waals surface area contributed by atoms with E-state index in [1.807, 2.05) is 42.5 Å². The van der Waals surface area contributed by atoms with Crippen LogP contribution < -0.4 is 15.5 Å². The molecular weight excluding hydrogens is 399 g/mol. The number of pyridine rings is 1. The van der Waals surface area contributed by atoms with Crippen molar-refractivity contribution in [3.05, 3.63) is 88.5 Å². The van der Waals surface area contributed by atoms with Gasteiger partial charge in [-0.3, -0.25) is 9.78 Å². The minimum Gasteiger partial charge on any atom is -0.495 e. The summed E-state index contributed by atoms with van der Waals surface area (Å²) in [6, 6.07) is 18.0. The molecule has 0 radical (unpaired) electrons. The van der Waals surface area contributed by atoms with Crippen molar-refractivity contribution in [2.24, 2.45) is 0 Å². The molecule has 0 aliphatic heterocycles. The largest absolute Gasteiger partial charge is 0.495 e. The monoisotopic (exact) mass is 416 g/mol. The third-order valence-corrected chi connectivity index (χ3v) is 6.23. The predicted molar refractivity (Wildman–Crippen MR) is 121 cm³/mol. The summed E-state index contributed by atoms with van der Waals surface area (Å²) >= 11 is 1.43. The summed E-state index contributed by atoms with van der Waals surface area (Å²) in [7, 11) is 1.60. The van der Waals surface area contributed by atoms with E-state index in [-0.39, 0.29) is 5.43 Å². The smallest absolute Gasteiger partial charge is 0.196 e. The molecule has 0 bridgehead atoms. The van der Waals surface area contributed by atoms with E-state index in [2.05, 4.69) is 10.3 Å². The van der Waals surface area contributed by atoms with Crippen LogP contribution in [0.1, 0.15) is 5.56 Å². The number of fused-ring (bicyclic) bond motifs is 4. The first kappa shape index (κ1) is 18.5. The zero-order valence-corrected chi connectivity index (χ0v) is 16.9. The second-order valence-electron chi connectivity index (χ2n) is 6.95. The molecule has 2 aromatic heterocycles. The molecule has 0 spiro atoms. The third-order valence-electron chi connectivity index (χ3n) is 5.13. The maximum absolute atomic E-state index is 13.9. The van der Waals surface area contributed by atoms with Crippen molar-refractivity contribution in [2.75, 3.05) is 12.4 Å². The maximum Gasteiger partial charge on any atom is 0.196 e. The van der Waals surface area contributed by atoms with Gasteiger partial charge in [0.1, 0.15) is 11.6 Å². The molecule has 0 amide bonds. The van der Waals surface area contributed by atoms with Gasteiger partial charge in [0, 0.05) is 28.2 Å². The zero-order valence-electron chi connectivity index (χ0n) is 16.1. The zero-order chi connectivity index (χ0) is 20.7. The first-order valence-electron chi connectivity index (χ1n) is 9.45. The van der Waals surface area contributed by atoms with Gasteiger partial charge in [-0.25, -0.2) is 4.39 Å². The first-order valence-corrected chi connectivity index (χ1v) is 10.3. The molecule has 0 aliphatic rings. The maximum atomic E-state index is 13.9. The predicted octanol–water partition coefficient (Wildman–Crippen LogP) is 5.72. The number of nitrogens with zero attached hydrogens (tertiary/aromatic N) is 1. The van der Waals surface area contributed by atoms with Gasteiger partial charge < -0.3 is 10.1 Å². The number of hydrogen-bond acceptors (Lipinski definition) is 5.